The number of aromatic nitrogens is 1. The van der Waals surface area contributed by atoms with E-state index in [0.29, 0.717) is 0 Å². The molecule has 0 spiro atoms. The van der Waals surface area contributed by atoms with Crippen molar-refractivity contribution < 1.29 is 0 Å². The number of hydrogen-bond donors (Lipinski definition) is 2. The second-order valence-corrected chi connectivity index (χ2v) is 4.23. The Labute approximate surface area is 97.1 Å². The van der Waals surface area contributed by atoms with E-state index in [-0.39, 0.29) is 0 Å². The van der Waals surface area contributed by atoms with Crippen molar-refractivity contribution in [1.29, 1.82) is 0 Å². The van der Waals surface area contributed by atoms with Gasteiger partial charge in [0.05, 0.1) is 0 Å². The quantitative estimate of drug-likeness (QED) is 0.694. The lowest BCUT2D eigenvalue weighted by molar-refractivity contribution is 0.702. The monoisotopic (exact) mass is 216 g/mol. The van der Waals surface area contributed by atoms with Gasteiger partial charge in [0.15, 0.2) is 0 Å². The van der Waals surface area contributed by atoms with E-state index in [1.165, 1.54) is 49.7 Å². The van der Waals surface area contributed by atoms with Crippen molar-refractivity contribution >= 4 is 10.9 Å². The molecular formula is C14H20N2. The molecule has 1 aromatic carbocycles. The van der Waals surface area contributed by atoms with Gasteiger partial charge in [0.25, 0.3) is 0 Å². The zero-order valence-corrected chi connectivity index (χ0v) is 9.71. The van der Waals surface area contributed by atoms with Crippen LogP contribution in [0.15, 0.2) is 36.5 Å². The Bertz CT molecular complexity index is 356. The molecule has 1 aromatic heterocycles. The highest BCUT2D eigenvalue weighted by molar-refractivity contribution is 5.78. The van der Waals surface area contributed by atoms with Crippen molar-refractivity contribution in [3.8, 4) is 0 Å². The number of benzene rings is 1. The van der Waals surface area contributed by atoms with Gasteiger partial charge < -0.3 is 10.3 Å². The molecule has 0 bridgehead atoms. The lowest BCUT2D eigenvalue weighted by Crippen LogP contribution is -2.12. The standard InChI is InChI=1S/C8H7N.C6H13N/c1-2-4-8-7(3-1)5-6-9-8;1-2-4-6-7-5-3-1/h1-6,9H;7H,1-6H2. The maximum Gasteiger partial charge on any atom is 0.0453 e. The molecule has 0 aliphatic carbocycles. The molecule has 1 aliphatic rings. The Morgan fingerprint density at radius 3 is 2.31 bits per heavy atom. The number of aromatic amines is 1. The van der Waals surface area contributed by atoms with Crippen LogP contribution in [0.25, 0.3) is 10.9 Å². The molecule has 3 rings (SSSR count). The van der Waals surface area contributed by atoms with E-state index in [2.05, 4.69) is 28.5 Å². The smallest absolute Gasteiger partial charge is 0.0453 e. The molecule has 2 N–H and O–H groups in total. The van der Waals surface area contributed by atoms with Crippen LogP contribution in [-0.4, -0.2) is 18.1 Å². The first-order valence-electron chi connectivity index (χ1n) is 6.20. The molecule has 0 amide bonds. The van der Waals surface area contributed by atoms with Crippen LogP contribution in [0.4, 0.5) is 0 Å². The predicted molar refractivity (Wildman–Crippen MR) is 69.6 cm³/mol. The van der Waals surface area contributed by atoms with Crippen LogP contribution < -0.4 is 5.32 Å². The molecule has 0 atom stereocenters. The fraction of sp³-hybridized carbons (Fsp3) is 0.429. The third-order valence-corrected chi connectivity index (χ3v) is 2.92. The molecule has 2 nitrogen and oxygen atoms in total. The number of para-hydroxylation sites is 1. The first kappa shape index (κ1) is 11.2. The van der Waals surface area contributed by atoms with Gasteiger partial charge in [0.1, 0.15) is 0 Å². The molecule has 0 radical (unpaired) electrons. The Balaban J connectivity index is 0.000000125. The molecular weight excluding hydrogens is 196 g/mol. The highest BCUT2D eigenvalue weighted by atomic mass is 14.8. The molecule has 16 heavy (non-hydrogen) atoms. The summed E-state index contributed by atoms with van der Waals surface area (Å²) in [6, 6.07) is 10.3. The second kappa shape index (κ2) is 6.33. The van der Waals surface area contributed by atoms with E-state index in [9.17, 15) is 0 Å². The summed E-state index contributed by atoms with van der Waals surface area (Å²) >= 11 is 0. The minimum atomic E-state index is 1.21. The summed E-state index contributed by atoms with van der Waals surface area (Å²) in [5.74, 6) is 0. The van der Waals surface area contributed by atoms with Crippen LogP contribution in [0.5, 0.6) is 0 Å². The number of rotatable bonds is 0. The van der Waals surface area contributed by atoms with E-state index < -0.39 is 0 Å². The molecule has 0 saturated carbocycles. The minimum Gasteiger partial charge on any atom is -0.361 e. The van der Waals surface area contributed by atoms with Gasteiger partial charge in [-0.05, 0) is 43.5 Å². The third kappa shape index (κ3) is 3.38. The highest BCUT2D eigenvalue weighted by Gasteiger charge is 1.94. The molecule has 0 unspecified atom stereocenters. The van der Waals surface area contributed by atoms with Crippen molar-refractivity contribution in [2.24, 2.45) is 0 Å². The maximum atomic E-state index is 3.35. The second-order valence-electron chi connectivity index (χ2n) is 4.23. The van der Waals surface area contributed by atoms with Gasteiger partial charge in [-0.2, -0.15) is 0 Å². The van der Waals surface area contributed by atoms with Crippen LogP contribution in [0, 0.1) is 0 Å². The van der Waals surface area contributed by atoms with Crippen molar-refractivity contribution in [2.45, 2.75) is 25.7 Å². The minimum absolute atomic E-state index is 1.21. The summed E-state index contributed by atoms with van der Waals surface area (Å²) in [7, 11) is 0. The summed E-state index contributed by atoms with van der Waals surface area (Å²) < 4.78 is 0. The summed E-state index contributed by atoms with van der Waals surface area (Å²) in [5.41, 5.74) is 1.21. The van der Waals surface area contributed by atoms with Gasteiger partial charge in [-0.15, -0.1) is 0 Å². The number of fused-ring (bicyclic) bond motifs is 1. The SMILES string of the molecule is C1CCCNCC1.c1ccc2[nH]ccc2c1. The summed E-state index contributed by atoms with van der Waals surface area (Å²) in [5, 5.41) is 4.62. The molecule has 1 aliphatic heterocycles. The molecule has 2 heterocycles. The summed E-state index contributed by atoms with van der Waals surface area (Å²) in [6.45, 7) is 2.50. The van der Waals surface area contributed by atoms with E-state index in [1.807, 2.05) is 18.3 Å². The summed E-state index contributed by atoms with van der Waals surface area (Å²) in [4.78, 5) is 3.12. The average Bonchev–Trinajstić information content (AvgIpc) is 2.61. The van der Waals surface area contributed by atoms with Gasteiger partial charge in [-0.25, -0.2) is 0 Å². The zero-order chi connectivity index (χ0) is 11.1. The van der Waals surface area contributed by atoms with E-state index >= 15 is 0 Å². The fourth-order valence-electron chi connectivity index (χ4n) is 1.97. The zero-order valence-electron chi connectivity index (χ0n) is 9.71. The first-order valence-corrected chi connectivity index (χ1v) is 6.20. The molecule has 2 heteroatoms. The Morgan fingerprint density at radius 2 is 1.56 bits per heavy atom. The van der Waals surface area contributed by atoms with E-state index in [1.54, 1.807) is 0 Å². The van der Waals surface area contributed by atoms with Crippen LogP contribution in [0.3, 0.4) is 0 Å². The first-order chi connectivity index (χ1) is 7.97. The Kier molecular flexibility index (Phi) is 4.44. The molecule has 86 valence electrons. The van der Waals surface area contributed by atoms with Gasteiger partial charge in [-0.3, -0.25) is 0 Å². The van der Waals surface area contributed by atoms with Gasteiger partial charge in [0, 0.05) is 11.7 Å². The highest BCUT2D eigenvalue weighted by Crippen LogP contribution is 2.09. The lowest BCUT2D eigenvalue weighted by Gasteiger charge is -1.91. The summed E-state index contributed by atoms with van der Waals surface area (Å²) in [6.07, 6.45) is 7.60. The van der Waals surface area contributed by atoms with Crippen LogP contribution in [0.2, 0.25) is 0 Å². The number of nitrogens with one attached hydrogen (secondary N) is 2. The van der Waals surface area contributed by atoms with Crippen LogP contribution >= 0.6 is 0 Å². The van der Waals surface area contributed by atoms with Crippen LogP contribution in [0.1, 0.15) is 25.7 Å². The largest absolute Gasteiger partial charge is 0.361 e. The Hall–Kier alpha value is -1.28. The number of H-pyrrole nitrogens is 1. The molecule has 1 fully saturated rings. The number of hydrogen-bond acceptors (Lipinski definition) is 1. The van der Waals surface area contributed by atoms with E-state index in [0.717, 1.165) is 0 Å². The van der Waals surface area contributed by atoms with Gasteiger partial charge in [-0.1, -0.05) is 31.0 Å². The fourth-order valence-corrected chi connectivity index (χ4v) is 1.97. The van der Waals surface area contributed by atoms with Crippen molar-refractivity contribution in [3.63, 3.8) is 0 Å². The van der Waals surface area contributed by atoms with Gasteiger partial charge in [0.2, 0.25) is 0 Å². The van der Waals surface area contributed by atoms with Crippen LogP contribution in [-0.2, 0) is 0 Å². The molecule has 1 saturated heterocycles. The Morgan fingerprint density at radius 1 is 0.812 bits per heavy atom. The normalized spacial score (nSPS) is 16.2. The molecule has 2 aromatic rings. The van der Waals surface area contributed by atoms with Gasteiger partial charge >= 0.3 is 0 Å². The third-order valence-electron chi connectivity index (χ3n) is 2.92. The average molecular weight is 216 g/mol. The van der Waals surface area contributed by atoms with E-state index in [4.69, 9.17) is 0 Å². The maximum absolute atomic E-state index is 3.35. The topological polar surface area (TPSA) is 27.8 Å². The lowest BCUT2D eigenvalue weighted by atomic mass is 10.2. The van der Waals surface area contributed by atoms with Crippen molar-refractivity contribution in [3.05, 3.63) is 36.5 Å². The predicted octanol–water partition coefficient (Wildman–Crippen LogP) is 3.32. The van der Waals surface area contributed by atoms with Crippen molar-refractivity contribution in [1.82, 2.24) is 10.3 Å². The van der Waals surface area contributed by atoms with Crippen molar-refractivity contribution in [2.75, 3.05) is 13.1 Å².